The van der Waals surface area contributed by atoms with Crippen molar-refractivity contribution < 1.29 is 9.59 Å². The molecule has 5 heterocycles. The van der Waals surface area contributed by atoms with Gasteiger partial charge in [-0.2, -0.15) is 11.3 Å². The highest BCUT2D eigenvalue weighted by Crippen LogP contribution is 2.42. The van der Waals surface area contributed by atoms with Crippen LogP contribution in [0.15, 0.2) is 95.7 Å². The molecule has 0 spiro atoms. The molecular weight excluding hydrogens is 863 g/mol. The zero-order valence-electron chi connectivity index (χ0n) is 38.2. The molecule has 9 rings (SSSR count). The number of nitrogens with one attached hydrogen (secondary N) is 2. The van der Waals surface area contributed by atoms with E-state index < -0.39 is 0 Å². The van der Waals surface area contributed by atoms with Crippen LogP contribution >= 0.6 is 34.0 Å². The van der Waals surface area contributed by atoms with E-state index in [0.717, 1.165) is 94.6 Å². The van der Waals surface area contributed by atoms with Gasteiger partial charge in [-0.15, -0.1) is 22.7 Å². The number of hydrogen-bond acceptors (Lipinski definition) is 10. The number of aromatic nitrogens is 2. The number of fused-ring (bicyclic) bond motifs is 4. The molecule has 2 amide bonds. The van der Waals surface area contributed by atoms with Gasteiger partial charge in [-0.25, -0.2) is 9.97 Å². The van der Waals surface area contributed by atoms with Gasteiger partial charge in [0.25, 0.3) is 11.8 Å². The quantitative estimate of drug-likeness (QED) is 0.0852. The van der Waals surface area contributed by atoms with Gasteiger partial charge in [-0.05, 0) is 142 Å². The predicted molar refractivity (Wildman–Crippen MR) is 270 cm³/mol. The predicted octanol–water partition coefficient (Wildman–Crippen LogP) is 10.8. The van der Waals surface area contributed by atoms with Crippen LogP contribution in [0.4, 0.5) is 5.69 Å². The maximum atomic E-state index is 13.9. The van der Waals surface area contributed by atoms with E-state index in [9.17, 15) is 9.59 Å². The number of thiophene rings is 3. The van der Waals surface area contributed by atoms with Crippen LogP contribution in [0.3, 0.4) is 0 Å². The summed E-state index contributed by atoms with van der Waals surface area (Å²) < 4.78 is 0. The molecule has 2 aromatic carbocycles. The Labute approximate surface area is 395 Å². The highest BCUT2D eigenvalue weighted by Gasteiger charge is 2.36. The maximum Gasteiger partial charge on any atom is 0.261 e. The Balaban J connectivity index is 0.914. The third-order valence-electron chi connectivity index (χ3n) is 14.0. The van der Waals surface area contributed by atoms with Crippen molar-refractivity contribution in [2.24, 2.45) is 34.1 Å². The number of amides is 2. The molecule has 4 atom stereocenters. The van der Waals surface area contributed by atoms with Gasteiger partial charge in [0.1, 0.15) is 9.66 Å². The summed E-state index contributed by atoms with van der Waals surface area (Å²) in [5.74, 6) is 0.792. The number of carbonyl (C=O) groups is 2. The number of nitrogens with zero attached hydrogens (tertiary/aromatic N) is 3. The van der Waals surface area contributed by atoms with Crippen LogP contribution in [-0.4, -0.2) is 41.4 Å². The van der Waals surface area contributed by atoms with Crippen LogP contribution in [0.25, 0.3) is 20.4 Å². The topological polar surface area (TPSA) is 139 Å². The van der Waals surface area contributed by atoms with E-state index >= 15 is 0 Å². The molecule has 2 aliphatic rings. The zero-order chi connectivity index (χ0) is 45.5. The first kappa shape index (κ1) is 45.2. The number of benzene rings is 2. The summed E-state index contributed by atoms with van der Waals surface area (Å²) in [5, 5.41) is 12.5. The molecule has 0 saturated carbocycles. The van der Waals surface area contributed by atoms with E-state index in [4.69, 9.17) is 21.4 Å². The zero-order valence-corrected chi connectivity index (χ0v) is 40.6. The molecule has 2 aliphatic carbocycles. The van der Waals surface area contributed by atoms with E-state index in [1.165, 1.54) is 45.1 Å². The van der Waals surface area contributed by atoms with Crippen LogP contribution in [-0.2, 0) is 32.2 Å². The van der Waals surface area contributed by atoms with Gasteiger partial charge in [-0.3, -0.25) is 9.59 Å². The lowest BCUT2D eigenvalue weighted by Gasteiger charge is -2.42. The van der Waals surface area contributed by atoms with Crippen LogP contribution < -0.4 is 27.0 Å². The largest absolute Gasteiger partial charge is 0.367 e. The molecule has 0 unspecified atom stereocenters. The second kappa shape index (κ2) is 18.7. The normalized spacial score (nSPS) is 17.3. The molecule has 0 bridgehead atoms. The summed E-state index contributed by atoms with van der Waals surface area (Å²) in [4.78, 5) is 43.2. The first-order valence-electron chi connectivity index (χ1n) is 23.0. The average molecular weight is 924 g/mol. The molecule has 12 heteroatoms. The van der Waals surface area contributed by atoms with Crippen molar-refractivity contribution in [2.45, 2.75) is 91.8 Å². The smallest absolute Gasteiger partial charge is 0.261 e. The third kappa shape index (κ3) is 9.93. The lowest BCUT2D eigenvalue weighted by molar-refractivity contribution is 0.0933. The standard InChI is InChI=1S/C53H61N7O2S3/c1-52(2,3)39-14-16-42-35(22-39)20-37-25-46(64-50(37)58-42)48(61)56-44(27-54)33-12-9-13-41(24-33)60(29-32-10-7-6-8-11-32)31-53(4,5)40-15-17-43-36(23-40)21-38-26-47(65-51(38)59-43)49(62)57-45(28-55)34-18-19-63-30-34/h6-13,18-21,24-26,30,39-40,44-45H,14-17,22-23,27-29,31,54-55H2,1-5H3,(H,56,61)(H,57,62)/t39-,40-,44-,45-/m1/s1. The molecule has 0 saturated heterocycles. The summed E-state index contributed by atoms with van der Waals surface area (Å²) in [6.45, 7) is 14.0. The summed E-state index contributed by atoms with van der Waals surface area (Å²) in [5.41, 5.74) is 21.9. The van der Waals surface area contributed by atoms with Gasteiger partial charge in [0.05, 0.1) is 21.8 Å². The Bertz CT molecular complexity index is 2810. The number of carbonyl (C=O) groups excluding carboxylic acids is 2. The number of hydrogen-bond donors (Lipinski definition) is 4. The van der Waals surface area contributed by atoms with E-state index in [0.29, 0.717) is 28.1 Å². The molecule has 0 fully saturated rings. The van der Waals surface area contributed by atoms with E-state index in [1.54, 1.807) is 11.3 Å². The Kier molecular flexibility index (Phi) is 13.0. The van der Waals surface area contributed by atoms with Crippen molar-refractivity contribution in [1.82, 2.24) is 20.6 Å². The minimum atomic E-state index is -0.362. The number of nitrogens with two attached hydrogens (primary N) is 2. The summed E-state index contributed by atoms with van der Waals surface area (Å²) in [6.07, 6.45) is 6.01. The molecule has 9 nitrogen and oxygen atoms in total. The fourth-order valence-corrected chi connectivity index (χ4v) is 12.6. The van der Waals surface area contributed by atoms with Gasteiger partial charge in [0, 0.05) is 54.0 Å². The minimum Gasteiger partial charge on any atom is -0.367 e. The van der Waals surface area contributed by atoms with Gasteiger partial charge in [-0.1, -0.05) is 77.1 Å². The van der Waals surface area contributed by atoms with Crippen molar-refractivity contribution >= 4 is 71.9 Å². The van der Waals surface area contributed by atoms with Gasteiger partial charge in [0.15, 0.2) is 0 Å². The van der Waals surface area contributed by atoms with Crippen molar-refractivity contribution in [3.8, 4) is 0 Å². The number of anilines is 1. The minimum absolute atomic E-state index is 0.0699. The Morgan fingerprint density at radius 3 is 1.88 bits per heavy atom. The van der Waals surface area contributed by atoms with Crippen molar-refractivity contribution in [3.63, 3.8) is 0 Å². The Morgan fingerprint density at radius 1 is 0.723 bits per heavy atom. The average Bonchev–Trinajstić information content (AvgIpc) is 4.08. The van der Waals surface area contributed by atoms with Crippen LogP contribution in [0.1, 0.15) is 118 Å². The molecule has 65 heavy (non-hydrogen) atoms. The van der Waals surface area contributed by atoms with Crippen LogP contribution in [0.5, 0.6) is 0 Å². The second-order valence-electron chi connectivity index (χ2n) is 19.9. The van der Waals surface area contributed by atoms with Crippen molar-refractivity contribution in [3.05, 3.63) is 145 Å². The lowest BCUT2D eigenvalue weighted by atomic mass is 9.70. The Morgan fingerprint density at radius 2 is 1.31 bits per heavy atom. The summed E-state index contributed by atoms with van der Waals surface area (Å²) in [6, 6.07) is 29.1. The number of aryl methyl sites for hydroxylation is 2. The molecule has 6 N–H and O–H groups in total. The van der Waals surface area contributed by atoms with Gasteiger partial charge < -0.3 is 27.0 Å². The first-order valence-corrected chi connectivity index (χ1v) is 25.6. The van der Waals surface area contributed by atoms with Gasteiger partial charge >= 0.3 is 0 Å². The number of pyridine rings is 2. The monoisotopic (exact) mass is 923 g/mol. The third-order valence-corrected chi connectivity index (χ3v) is 16.8. The molecule has 7 aromatic rings. The number of rotatable bonds is 14. The van der Waals surface area contributed by atoms with Crippen molar-refractivity contribution in [1.29, 1.82) is 0 Å². The van der Waals surface area contributed by atoms with Crippen molar-refractivity contribution in [2.75, 3.05) is 24.5 Å². The lowest BCUT2D eigenvalue weighted by Crippen LogP contribution is -2.41. The second-order valence-corrected chi connectivity index (χ2v) is 22.8. The molecule has 0 aliphatic heterocycles. The first-order chi connectivity index (χ1) is 31.2. The molecule has 338 valence electrons. The maximum absolute atomic E-state index is 13.9. The molecule has 0 radical (unpaired) electrons. The fraction of sp³-hybridized carbons (Fsp3) is 0.396. The SMILES string of the molecule is CC(C)(C)[C@@H]1CCc2nc3sc(C(=O)N[C@H](CN)c4cccc(N(Cc5ccccc5)CC(C)(C)[C@@H]5CCc6nc7sc(C(=O)N[C@H](CN)c8ccsc8)cc7cc6C5)c4)cc3cc2C1. The van der Waals surface area contributed by atoms with Crippen LogP contribution in [0.2, 0.25) is 0 Å². The van der Waals surface area contributed by atoms with E-state index in [1.807, 2.05) is 29.0 Å². The fourth-order valence-electron chi connectivity index (χ4n) is 9.97. The molecular formula is C53H61N7O2S3. The van der Waals surface area contributed by atoms with Crippen LogP contribution in [0, 0.1) is 22.7 Å². The highest BCUT2D eigenvalue weighted by atomic mass is 32.1. The van der Waals surface area contributed by atoms with E-state index in [2.05, 4.69) is 117 Å². The summed E-state index contributed by atoms with van der Waals surface area (Å²) >= 11 is 4.52. The van der Waals surface area contributed by atoms with E-state index in [-0.39, 0.29) is 41.3 Å². The Hall–Kier alpha value is -4.98. The summed E-state index contributed by atoms with van der Waals surface area (Å²) in [7, 11) is 0. The van der Waals surface area contributed by atoms with Gasteiger partial charge in [0.2, 0.25) is 0 Å². The highest BCUT2D eigenvalue weighted by molar-refractivity contribution is 7.20. The molecule has 5 aromatic heterocycles.